The van der Waals surface area contributed by atoms with Crippen LogP contribution in [0.25, 0.3) is 0 Å². The average Bonchev–Trinajstić information content (AvgIpc) is 2.70. The summed E-state index contributed by atoms with van der Waals surface area (Å²) >= 11 is 0. The Hall–Kier alpha value is -3.42. The molecule has 0 saturated heterocycles. The molecular weight excluding hydrogens is 352 g/mol. The largest absolute Gasteiger partial charge is 0.497 e. The van der Waals surface area contributed by atoms with Crippen molar-refractivity contribution in [1.82, 2.24) is 0 Å². The molecule has 0 unspecified atom stereocenters. The van der Waals surface area contributed by atoms with Crippen molar-refractivity contribution in [2.45, 2.75) is 6.42 Å². The van der Waals surface area contributed by atoms with E-state index in [2.05, 4.69) is 5.16 Å². The highest BCUT2D eigenvalue weighted by atomic mass is 16.7. The van der Waals surface area contributed by atoms with E-state index in [0.29, 0.717) is 23.0 Å². The van der Waals surface area contributed by atoms with Gasteiger partial charge in [-0.3, -0.25) is 0 Å². The molecule has 8 nitrogen and oxygen atoms in total. The molecule has 27 heavy (non-hydrogen) atoms. The zero-order valence-corrected chi connectivity index (χ0v) is 15.4. The zero-order chi connectivity index (χ0) is 19.6. The number of methoxy groups -OCH3 is 3. The third-order valence-corrected chi connectivity index (χ3v) is 3.51. The minimum absolute atomic E-state index is 0.139. The number of carbonyl (C=O) groups excluding carboxylic acids is 1. The van der Waals surface area contributed by atoms with E-state index in [0.717, 1.165) is 5.56 Å². The molecule has 2 aromatic rings. The lowest BCUT2D eigenvalue weighted by molar-refractivity contribution is -0.146. The van der Waals surface area contributed by atoms with E-state index in [1.54, 1.807) is 57.7 Å². The van der Waals surface area contributed by atoms with Gasteiger partial charge in [-0.25, -0.2) is 4.79 Å². The van der Waals surface area contributed by atoms with E-state index < -0.39 is 5.97 Å². The summed E-state index contributed by atoms with van der Waals surface area (Å²) in [5.74, 6) is 1.86. The molecule has 8 heteroatoms. The van der Waals surface area contributed by atoms with Crippen molar-refractivity contribution in [3.05, 3.63) is 48.0 Å². The van der Waals surface area contributed by atoms with Crippen LogP contribution in [0.2, 0.25) is 0 Å². The van der Waals surface area contributed by atoms with Crippen LogP contribution in [0.1, 0.15) is 5.56 Å². The predicted molar refractivity (Wildman–Crippen MR) is 99.5 cm³/mol. The first-order valence-corrected chi connectivity index (χ1v) is 8.05. The first-order chi connectivity index (χ1) is 13.0. The summed E-state index contributed by atoms with van der Waals surface area (Å²) in [6.07, 6.45) is 0.285. The Bertz CT molecular complexity index is 789. The summed E-state index contributed by atoms with van der Waals surface area (Å²) in [4.78, 5) is 16.5. The molecule has 0 aliphatic rings. The fourth-order valence-corrected chi connectivity index (χ4v) is 2.18. The molecule has 0 radical (unpaired) electrons. The molecule has 2 aromatic carbocycles. The Morgan fingerprint density at radius 3 is 2.22 bits per heavy atom. The molecule has 0 saturated carbocycles. The normalized spacial score (nSPS) is 10.9. The van der Waals surface area contributed by atoms with Crippen molar-refractivity contribution < 1.29 is 28.6 Å². The molecule has 0 heterocycles. The van der Waals surface area contributed by atoms with Crippen LogP contribution in [0, 0.1) is 0 Å². The minimum Gasteiger partial charge on any atom is -0.497 e. The van der Waals surface area contributed by atoms with Gasteiger partial charge in [0.25, 0.3) is 0 Å². The fourth-order valence-electron chi connectivity index (χ4n) is 2.18. The lowest BCUT2D eigenvalue weighted by Gasteiger charge is -2.09. The molecule has 2 rings (SSSR count). The van der Waals surface area contributed by atoms with Crippen LogP contribution in [-0.2, 0) is 16.1 Å². The van der Waals surface area contributed by atoms with Crippen molar-refractivity contribution >= 4 is 11.8 Å². The maximum Gasteiger partial charge on any atom is 0.372 e. The number of carbonyl (C=O) groups is 1. The van der Waals surface area contributed by atoms with E-state index in [-0.39, 0.29) is 18.9 Å². The summed E-state index contributed by atoms with van der Waals surface area (Å²) in [7, 11) is 4.67. The second-order valence-corrected chi connectivity index (χ2v) is 5.38. The number of nitrogens with two attached hydrogens (primary N) is 1. The van der Waals surface area contributed by atoms with Crippen LogP contribution < -0.4 is 24.7 Å². The highest BCUT2D eigenvalue weighted by Gasteiger charge is 2.08. The van der Waals surface area contributed by atoms with E-state index in [1.807, 2.05) is 6.07 Å². The molecule has 0 bridgehead atoms. The quantitative estimate of drug-likeness (QED) is 0.310. The van der Waals surface area contributed by atoms with Gasteiger partial charge in [-0.1, -0.05) is 11.2 Å². The SMILES string of the molecule is COc1ccc(OCC(=O)O/N=C(\N)Cc2ccc(OC)c(OC)c2)cc1. The maximum absolute atomic E-state index is 11.7. The van der Waals surface area contributed by atoms with E-state index in [9.17, 15) is 4.79 Å². The van der Waals surface area contributed by atoms with Crippen LogP contribution in [0.3, 0.4) is 0 Å². The number of nitrogens with zero attached hydrogens (tertiary/aromatic N) is 1. The van der Waals surface area contributed by atoms with Crippen LogP contribution in [-0.4, -0.2) is 39.7 Å². The topological polar surface area (TPSA) is 102 Å². The lowest BCUT2D eigenvalue weighted by atomic mass is 10.1. The molecule has 0 aliphatic heterocycles. The van der Waals surface area contributed by atoms with E-state index >= 15 is 0 Å². The van der Waals surface area contributed by atoms with Crippen LogP contribution in [0.5, 0.6) is 23.0 Å². The summed E-state index contributed by atoms with van der Waals surface area (Å²) in [5, 5.41) is 3.63. The first-order valence-electron chi connectivity index (χ1n) is 8.05. The van der Waals surface area contributed by atoms with E-state index in [1.165, 1.54) is 0 Å². The zero-order valence-electron chi connectivity index (χ0n) is 15.4. The molecular formula is C19H22N2O6. The second-order valence-electron chi connectivity index (χ2n) is 5.38. The van der Waals surface area contributed by atoms with E-state index in [4.69, 9.17) is 29.5 Å². The summed E-state index contributed by atoms with van der Waals surface area (Å²) in [6, 6.07) is 12.2. The van der Waals surface area contributed by atoms with Crippen molar-refractivity contribution in [2.75, 3.05) is 27.9 Å². The van der Waals surface area contributed by atoms with Gasteiger partial charge in [0.1, 0.15) is 17.3 Å². The summed E-state index contributed by atoms with van der Waals surface area (Å²) in [6.45, 7) is -0.292. The Morgan fingerprint density at radius 2 is 1.59 bits per heavy atom. The molecule has 0 aliphatic carbocycles. The summed E-state index contributed by atoms with van der Waals surface area (Å²) < 4.78 is 20.7. The Balaban J connectivity index is 1.84. The van der Waals surface area contributed by atoms with Crippen molar-refractivity contribution in [1.29, 1.82) is 0 Å². The first kappa shape index (κ1) is 19.9. The lowest BCUT2D eigenvalue weighted by Crippen LogP contribution is -2.19. The van der Waals surface area contributed by atoms with Crippen LogP contribution in [0.15, 0.2) is 47.6 Å². The number of oxime groups is 1. The predicted octanol–water partition coefficient (Wildman–Crippen LogP) is 2.15. The highest BCUT2D eigenvalue weighted by molar-refractivity contribution is 5.83. The van der Waals surface area contributed by atoms with Gasteiger partial charge in [0.2, 0.25) is 0 Å². The smallest absolute Gasteiger partial charge is 0.372 e. The molecule has 0 amide bonds. The number of ether oxygens (including phenoxy) is 4. The van der Waals surface area contributed by atoms with Crippen LogP contribution in [0.4, 0.5) is 0 Å². The standard InChI is InChI=1S/C19H22N2O6/c1-23-14-5-7-15(8-6-14)26-12-19(22)27-21-18(20)11-13-4-9-16(24-2)17(10-13)25-3/h4-10H,11-12H2,1-3H3,(H2,20,21). The maximum atomic E-state index is 11.7. The number of amidine groups is 1. The molecule has 0 spiro atoms. The second kappa shape index (κ2) is 9.91. The van der Waals surface area contributed by atoms with Gasteiger partial charge in [0, 0.05) is 6.42 Å². The van der Waals surface area contributed by atoms with Crippen molar-refractivity contribution in [3.8, 4) is 23.0 Å². The summed E-state index contributed by atoms with van der Waals surface area (Å²) in [5.41, 5.74) is 6.63. The molecule has 0 fully saturated rings. The highest BCUT2D eigenvalue weighted by Crippen LogP contribution is 2.27. The minimum atomic E-state index is -0.666. The van der Waals surface area contributed by atoms with Crippen LogP contribution >= 0.6 is 0 Å². The average molecular weight is 374 g/mol. The monoisotopic (exact) mass is 374 g/mol. The van der Waals surface area contributed by atoms with Gasteiger partial charge in [0.15, 0.2) is 18.1 Å². The third kappa shape index (κ3) is 6.10. The number of benzene rings is 2. The van der Waals surface area contributed by atoms with Gasteiger partial charge in [-0.2, -0.15) is 0 Å². The molecule has 0 aromatic heterocycles. The molecule has 0 atom stereocenters. The number of hydrogen-bond acceptors (Lipinski definition) is 7. The van der Waals surface area contributed by atoms with Crippen molar-refractivity contribution in [3.63, 3.8) is 0 Å². The van der Waals surface area contributed by atoms with Gasteiger partial charge in [-0.15, -0.1) is 0 Å². The number of rotatable bonds is 9. The Kier molecular flexibility index (Phi) is 7.30. The molecule has 2 N–H and O–H groups in total. The van der Waals surface area contributed by atoms with Gasteiger partial charge >= 0.3 is 5.97 Å². The van der Waals surface area contributed by atoms with Gasteiger partial charge < -0.3 is 29.5 Å². The fraction of sp³-hybridized carbons (Fsp3) is 0.263. The molecule has 144 valence electrons. The van der Waals surface area contributed by atoms with Gasteiger partial charge in [-0.05, 0) is 42.0 Å². The Labute approximate surface area is 157 Å². The third-order valence-electron chi connectivity index (χ3n) is 3.51. The van der Waals surface area contributed by atoms with Crippen molar-refractivity contribution in [2.24, 2.45) is 10.9 Å². The van der Waals surface area contributed by atoms with Gasteiger partial charge in [0.05, 0.1) is 21.3 Å². The number of hydrogen-bond donors (Lipinski definition) is 1. The Morgan fingerprint density at radius 1 is 0.926 bits per heavy atom.